The molecular formula is C30H38. The lowest BCUT2D eigenvalue weighted by molar-refractivity contribution is 0.285. The minimum Gasteiger partial charge on any atom is -0.0991 e. The van der Waals surface area contributed by atoms with Gasteiger partial charge in [0, 0.05) is 0 Å². The minimum atomic E-state index is 0.0690. The highest BCUT2D eigenvalue weighted by molar-refractivity contribution is 5.96. The highest BCUT2D eigenvalue weighted by atomic mass is 14.4. The second-order valence-corrected chi connectivity index (χ2v) is 10.2. The molecule has 0 amide bonds. The van der Waals surface area contributed by atoms with Crippen molar-refractivity contribution in [3.05, 3.63) is 90.1 Å². The third kappa shape index (κ3) is 4.53. The number of hydrogen-bond donors (Lipinski definition) is 0. The molecule has 0 saturated heterocycles. The molecule has 3 rings (SSSR count). The van der Waals surface area contributed by atoms with Crippen LogP contribution in [0.4, 0.5) is 0 Å². The second kappa shape index (κ2) is 8.80. The van der Waals surface area contributed by atoms with Gasteiger partial charge in [-0.25, -0.2) is 0 Å². The van der Waals surface area contributed by atoms with Crippen LogP contribution in [0.2, 0.25) is 0 Å². The van der Waals surface area contributed by atoms with Gasteiger partial charge in [-0.2, -0.15) is 0 Å². The van der Waals surface area contributed by atoms with E-state index in [2.05, 4.69) is 109 Å². The van der Waals surface area contributed by atoms with E-state index in [1.54, 1.807) is 0 Å². The Morgan fingerprint density at radius 1 is 1.17 bits per heavy atom. The van der Waals surface area contributed by atoms with Crippen molar-refractivity contribution in [1.82, 2.24) is 0 Å². The van der Waals surface area contributed by atoms with Crippen molar-refractivity contribution >= 4 is 16.3 Å². The Kier molecular flexibility index (Phi) is 6.56. The van der Waals surface area contributed by atoms with Crippen molar-refractivity contribution in [2.75, 3.05) is 0 Å². The first-order valence-corrected chi connectivity index (χ1v) is 11.4. The van der Waals surface area contributed by atoms with Gasteiger partial charge in [-0.05, 0) is 69.1 Å². The van der Waals surface area contributed by atoms with Gasteiger partial charge < -0.3 is 0 Å². The van der Waals surface area contributed by atoms with Crippen molar-refractivity contribution < 1.29 is 0 Å². The molecule has 0 bridgehead atoms. The Morgan fingerprint density at radius 3 is 2.57 bits per heavy atom. The summed E-state index contributed by atoms with van der Waals surface area (Å²) in [4.78, 5) is 0. The first kappa shape index (κ1) is 22.3. The summed E-state index contributed by atoms with van der Waals surface area (Å²) in [6, 6.07) is 13.5. The maximum absolute atomic E-state index is 3.98. The van der Waals surface area contributed by atoms with Crippen LogP contribution in [0.3, 0.4) is 0 Å². The molecule has 30 heavy (non-hydrogen) atoms. The zero-order valence-corrected chi connectivity index (χ0v) is 19.8. The van der Waals surface area contributed by atoms with Crippen molar-refractivity contribution in [1.29, 1.82) is 0 Å². The molecule has 0 heterocycles. The number of allylic oxidation sites excluding steroid dienone is 7. The smallest absolute Gasteiger partial charge is 0.00772 e. The molecule has 0 fully saturated rings. The standard InChI is InChI=1S/C30H38/c1-8-10-18-30(7)21-25(20-26(13-9-2)29(4,5)6)28-24(19-22(30)3)17-16-23-14-11-12-15-27(23)28/h9-18,20,22H,2,8,19,21H2,1,3-7H3/b18-10?,25-20+,26-13+. The van der Waals surface area contributed by atoms with E-state index in [9.17, 15) is 0 Å². The van der Waals surface area contributed by atoms with Gasteiger partial charge in [-0.15, -0.1) is 0 Å². The van der Waals surface area contributed by atoms with E-state index in [1.807, 2.05) is 6.08 Å². The van der Waals surface area contributed by atoms with E-state index in [4.69, 9.17) is 0 Å². The van der Waals surface area contributed by atoms with E-state index < -0.39 is 0 Å². The quantitative estimate of drug-likeness (QED) is 0.274. The molecule has 0 radical (unpaired) electrons. The van der Waals surface area contributed by atoms with Gasteiger partial charge in [0.1, 0.15) is 0 Å². The first-order valence-electron chi connectivity index (χ1n) is 11.4. The van der Waals surface area contributed by atoms with Gasteiger partial charge in [0.05, 0.1) is 0 Å². The predicted molar refractivity (Wildman–Crippen MR) is 135 cm³/mol. The Labute approximate surface area is 184 Å². The van der Waals surface area contributed by atoms with Gasteiger partial charge in [0.25, 0.3) is 0 Å². The van der Waals surface area contributed by atoms with E-state index in [1.165, 1.54) is 33.0 Å². The van der Waals surface area contributed by atoms with E-state index in [-0.39, 0.29) is 10.8 Å². The third-order valence-corrected chi connectivity index (χ3v) is 6.79. The van der Waals surface area contributed by atoms with Crippen LogP contribution in [-0.2, 0) is 6.42 Å². The van der Waals surface area contributed by atoms with Crippen LogP contribution in [0.1, 0.15) is 65.5 Å². The molecule has 2 aromatic carbocycles. The molecule has 0 aliphatic heterocycles. The molecule has 0 N–H and O–H groups in total. The van der Waals surface area contributed by atoms with Gasteiger partial charge in [0.2, 0.25) is 0 Å². The Hall–Kier alpha value is -2.34. The topological polar surface area (TPSA) is 0 Å². The lowest BCUT2D eigenvalue weighted by Gasteiger charge is -2.32. The van der Waals surface area contributed by atoms with Crippen LogP contribution >= 0.6 is 0 Å². The van der Waals surface area contributed by atoms with Crippen molar-refractivity contribution in [2.45, 2.75) is 60.8 Å². The second-order valence-electron chi connectivity index (χ2n) is 10.2. The fraction of sp³-hybridized carbons (Fsp3) is 0.400. The van der Waals surface area contributed by atoms with Crippen LogP contribution in [0.5, 0.6) is 0 Å². The molecule has 158 valence electrons. The van der Waals surface area contributed by atoms with Gasteiger partial charge >= 0.3 is 0 Å². The molecule has 1 aliphatic carbocycles. The predicted octanol–water partition coefficient (Wildman–Crippen LogP) is 8.94. The lowest BCUT2D eigenvalue weighted by Crippen LogP contribution is -2.23. The molecule has 0 aromatic heterocycles. The molecule has 0 nitrogen and oxygen atoms in total. The zero-order chi connectivity index (χ0) is 21.9. The van der Waals surface area contributed by atoms with Crippen LogP contribution in [0, 0.1) is 16.7 Å². The highest BCUT2D eigenvalue weighted by Crippen LogP contribution is 2.47. The summed E-state index contributed by atoms with van der Waals surface area (Å²) in [7, 11) is 0. The summed E-state index contributed by atoms with van der Waals surface area (Å²) in [5.41, 5.74) is 5.93. The van der Waals surface area contributed by atoms with Gasteiger partial charge in [0.15, 0.2) is 0 Å². The molecular weight excluding hydrogens is 360 g/mol. The normalized spacial score (nSPS) is 24.3. The van der Waals surface area contributed by atoms with Crippen LogP contribution in [0.25, 0.3) is 16.3 Å². The summed E-state index contributed by atoms with van der Waals surface area (Å²) in [6.07, 6.45) is 14.7. The number of benzene rings is 2. The van der Waals surface area contributed by atoms with Crippen molar-refractivity contribution in [3.8, 4) is 0 Å². The molecule has 2 aromatic rings. The average Bonchev–Trinajstić information content (AvgIpc) is 2.80. The van der Waals surface area contributed by atoms with E-state index in [0.717, 1.165) is 19.3 Å². The number of rotatable bonds is 4. The summed E-state index contributed by atoms with van der Waals surface area (Å²) in [5.74, 6) is 0.576. The molecule has 2 atom stereocenters. The van der Waals surface area contributed by atoms with Crippen molar-refractivity contribution in [3.63, 3.8) is 0 Å². The Morgan fingerprint density at radius 2 is 1.90 bits per heavy atom. The maximum atomic E-state index is 3.98. The third-order valence-electron chi connectivity index (χ3n) is 6.79. The molecule has 1 aliphatic rings. The van der Waals surface area contributed by atoms with E-state index >= 15 is 0 Å². The van der Waals surface area contributed by atoms with Crippen molar-refractivity contribution in [2.24, 2.45) is 16.7 Å². The summed E-state index contributed by atoms with van der Waals surface area (Å²) in [5, 5.41) is 2.71. The lowest BCUT2D eigenvalue weighted by atomic mass is 9.72. The number of hydrogen-bond acceptors (Lipinski definition) is 0. The molecule has 2 unspecified atom stereocenters. The minimum absolute atomic E-state index is 0.0690. The van der Waals surface area contributed by atoms with Crippen LogP contribution in [0.15, 0.2) is 78.9 Å². The first-order chi connectivity index (χ1) is 14.2. The van der Waals surface area contributed by atoms with Gasteiger partial charge in [-0.3, -0.25) is 0 Å². The fourth-order valence-corrected chi connectivity index (χ4v) is 4.66. The molecule has 0 saturated carbocycles. The Balaban J connectivity index is 2.32. The Bertz CT molecular complexity index is 1010. The summed E-state index contributed by atoms with van der Waals surface area (Å²) >= 11 is 0. The zero-order valence-electron chi connectivity index (χ0n) is 19.8. The molecule has 0 spiro atoms. The summed E-state index contributed by atoms with van der Waals surface area (Å²) < 4.78 is 0. The summed E-state index contributed by atoms with van der Waals surface area (Å²) in [6.45, 7) is 17.9. The highest BCUT2D eigenvalue weighted by Gasteiger charge is 2.34. The maximum Gasteiger partial charge on any atom is -0.00772 e. The average molecular weight is 399 g/mol. The van der Waals surface area contributed by atoms with Crippen LogP contribution < -0.4 is 0 Å². The monoisotopic (exact) mass is 398 g/mol. The van der Waals surface area contributed by atoms with E-state index in [0.29, 0.717) is 5.92 Å². The SMILES string of the molecule is C=C/C=C(\C=C1/CC(C)(C=CCC)C(C)Cc2ccc3ccccc3c21)C(C)(C)C. The van der Waals surface area contributed by atoms with Crippen LogP contribution in [-0.4, -0.2) is 0 Å². The fourth-order valence-electron chi connectivity index (χ4n) is 4.66. The largest absolute Gasteiger partial charge is 0.0991 e. The number of fused-ring (bicyclic) bond motifs is 3. The molecule has 0 heteroatoms. The van der Waals surface area contributed by atoms with Gasteiger partial charge in [-0.1, -0.05) is 115 Å².